The van der Waals surface area contributed by atoms with E-state index in [1.807, 2.05) is 6.92 Å². The Hall–Kier alpha value is -3.55. The van der Waals surface area contributed by atoms with E-state index in [2.05, 4.69) is 44.5 Å². The summed E-state index contributed by atoms with van der Waals surface area (Å²) in [7, 11) is -20.3. The van der Waals surface area contributed by atoms with Crippen molar-refractivity contribution >= 4 is 79.2 Å². The maximum atomic E-state index is 13.4. The first-order valence-electron chi connectivity index (χ1n) is 24.7. The van der Waals surface area contributed by atoms with Gasteiger partial charge in [0.25, 0.3) is 0 Å². The molecule has 0 spiro atoms. The number of carbonyl (C=O) groups excluding carboxylic acids is 3. The Morgan fingerprint density at radius 2 is 1.69 bits per heavy atom. The minimum atomic E-state index is -5.62. The van der Waals surface area contributed by atoms with E-state index in [9.17, 15) is 66.3 Å². The SMILES string of the molecule is CCCCS(=O)(=O)N[C@@H](Cc1ccc(OCCCCC2CCNCC2)cc1)C(=O)SCCNC(=O)CCNC(=O)C(O)C(C)(C)COP(=O)(O)OP(=O)(O)OCC1OC(n2cnc3c(N)ncnc32)C(O)C1OP(=O)(O)O. The van der Waals surface area contributed by atoms with Gasteiger partial charge in [0.05, 0.1) is 37.9 Å². The highest BCUT2D eigenvalue weighted by Crippen LogP contribution is 2.61. The number of benzene rings is 1. The molecule has 77 heavy (non-hydrogen) atoms. The van der Waals surface area contributed by atoms with Gasteiger partial charge < -0.3 is 60.9 Å². The number of rotatable bonds is 33. The second kappa shape index (κ2) is 29.2. The number of fused-ring (bicyclic) bond motifs is 1. The van der Waals surface area contributed by atoms with Crippen LogP contribution in [0.25, 0.3) is 11.2 Å². The van der Waals surface area contributed by atoms with Crippen molar-refractivity contribution in [3.05, 3.63) is 42.5 Å². The highest BCUT2D eigenvalue weighted by atomic mass is 32.2. The number of nitrogens with zero attached hydrogens (tertiary/aromatic N) is 4. The average molecular weight is 1190 g/mol. The maximum Gasteiger partial charge on any atom is 0.481 e. The number of aromatic nitrogens is 4. The van der Waals surface area contributed by atoms with Gasteiger partial charge in [-0.1, -0.05) is 57.5 Å². The molecule has 1 aromatic carbocycles. The molecular formula is C43H70N9O20P3S2. The molecule has 2 aliphatic rings. The number of piperidine rings is 1. The highest BCUT2D eigenvalue weighted by molar-refractivity contribution is 8.13. The van der Waals surface area contributed by atoms with Crippen molar-refractivity contribution in [2.75, 3.05) is 63.2 Å². The fraction of sp³-hybridized carbons (Fsp3) is 0.674. The van der Waals surface area contributed by atoms with Gasteiger partial charge in [0.15, 0.2) is 17.7 Å². The largest absolute Gasteiger partial charge is 0.494 e. The van der Waals surface area contributed by atoms with Crippen molar-refractivity contribution in [1.29, 1.82) is 0 Å². The molecule has 2 aromatic heterocycles. The molecule has 4 heterocycles. The molecule has 3 aromatic rings. The Kier molecular flexibility index (Phi) is 24.4. The van der Waals surface area contributed by atoms with Crippen LogP contribution in [0.5, 0.6) is 5.75 Å². The lowest BCUT2D eigenvalue weighted by Crippen LogP contribution is -2.46. The molecule has 7 unspecified atom stereocenters. The van der Waals surface area contributed by atoms with Crippen molar-refractivity contribution in [2.24, 2.45) is 11.3 Å². The van der Waals surface area contributed by atoms with Crippen molar-refractivity contribution in [3.8, 4) is 5.75 Å². The topological polar surface area (TPSA) is 431 Å². The number of anilines is 1. The summed E-state index contributed by atoms with van der Waals surface area (Å²) in [5.41, 5.74) is 4.91. The van der Waals surface area contributed by atoms with Crippen molar-refractivity contribution < 1.29 is 93.6 Å². The van der Waals surface area contributed by atoms with Crippen LogP contribution in [0.3, 0.4) is 0 Å². The summed E-state index contributed by atoms with van der Waals surface area (Å²) in [5, 5.41) is 29.6. The number of nitrogen functional groups attached to an aromatic ring is 1. The number of nitrogens with two attached hydrogens (primary N) is 1. The number of phosphoric ester groups is 3. The fourth-order valence-corrected chi connectivity index (χ4v) is 13.1. The van der Waals surface area contributed by atoms with Gasteiger partial charge in [-0.15, -0.1) is 0 Å². The summed E-state index contributed by atoms with van der Waals surface area (Å²) in [5.74, 6) is -0.268. The van der Waals surface area contributed by atoms with E-state index in [1.54, 1.807) is 24.3 Å². The molecule has 2 amide bonds. The van der Waals surface area contributed by atoms with E-state index in [1.165, 1.54) is 33.1 Å². The third-order valence-electron chi connectivity index (χ3n) is 12.2. The van der Waals surface area contributed by atoms with Gasteiger partial charge in [-0.25, -0.2) is 41.8 Å². The first-order chi connectivity index (χ1) is 36.2. The number of aliphatic hydroxyl groups is 2. The summed E-state index contributed by atoms with van der Waals surface area (Å²) in [6.45, 7) is 4.65. The first kappa shape index (κ1) is 64.3. The van der Waals surface area contributed by atoms with Crippen LogP contribution in [0.15, 0.2) is 36.9 Å². The van der Waals surface area contributed by atoms with E-state index in [4.69, 9.17) is 24.3 Å². The van der Waals surface area contributed by atoms with E-state index in [0.717, 1.165) is 60.8 Å². The van der Waals surface area contributed by atoms with Crippen LogP contribution in [-0.4, -0.2) is 163 Å². The van der Waals surface area contributed by atoms with Crippen LogP contribution in [-0.2, 0) is 67.1 Å². The quantitative estimate of drug-likeness (QED) is 0.0304. The van der Waals surface area contributed by atoms with E-state index in [0.29, 0.717) is 30.8 Å². The Balaban J connectivity index is 1.02. The van der Waals surface area contributed by atoms with Crippen LogP contribution in [0.2, 0.25) is 0 Å². The third kappa shape index (κ3) is 21.1. The monoisotopic (exact) mass is 1190 g/mol. The van der Waals surface area contributed by atoms with Gasteiger partial charge >= 0.3 is 23.5 Å². The number of hydrogen-bond acceptors (Lipinski definition) is 22. The molecule has 434 valence electrons. The smallest absolute Gasteiger partial charge is 0.481 e. The second-order valence-corrected chi connectivity index (χ2v) is 26.2. The minimum absolute atomic E-state index is 0.00429. The van der Waals surface area contributed by atoms with Crippen molar-refractivity contribution in [3.63, 3.8) is 0 Å². The molecule has 2 fully saturated rings. The highest BCUT2D eigenvalue weighted by Gasteiger charge is 2.50. The predicted molar refractivity (Wildman–Crippen MR) is 278 cm³/mol. The molecule has 5 rings (SSSR count). The summed E-state index contributed by atoms with van der Waals surface area (Å²) < 4.78 is 96.9. The standard InChI is InChI=1S/C43H70N9O20P3S2/c1-4-5-22-77(65,66)51-31(23-29-9-11-30(12-10-29)67-20-7-6-8-28-13-16-45-17-14-28)42(57)76-21-19-46-33(53)15-18-47-40(56)37(55)43(2,3)25-69-75(63,64)72-74(61,62)68-24-32-36(71-73(58,59)60)35(54)41(70-32)52-27-50-34-38(44)48-26-49-39(34)52/h9-12,26-28,31-32,35-37,41,45,51,54-55H,4-8,13-25H2,1-3H3,(H,46,53)(H,47,56)(H,61,62)(H,63,64)(H2,44,48,49)(H2,58,59,60)/t31-,32?,35?,36?,37?,41?/m0/s1. The molecule has 2 saturated heterocycles. The van der Waals surface area contributed by atoms with Gasteiger partial charge in [0.1, 0.15) is 42.0 Å². The number of unbranched alkanes of at least 4 members (excludes halogenated alkanes) is 2. The molecule has 12 N–H and O–H groups in total. The zero-order chi connectivity index (χ0) is 56.6. The number of hydrogen-bond donors (Lipinski definition) is 11. The van der Waals surface area contributed by atoms with Crippen LogP contribution < -0.4 is 31.1 Å². The fourth-order valence-electron chi connectivity index (χ4n) is 8.02. The summed E-state index contributed by atoms with van der Waals surface area (Å²) >= 11 is 0.836. The Bertz CT molecular complexity index is 2680. The Morgan fingerprint density at radius 3 is 2.38 bits per heavy atom. The second-order valence-electron chi connectivity index (χ2n) is 19.0. The van der Waals surface area contributed by atoms with Gasteiger partial charge in [-0.3, -0.25) is 32.5 Å². The number of sulfonamides is 1. The average Bonchev–Trinajstić information content (AvgIpc) is 3.93. The number of thioether (sulfide) groups is 1. The van der Waals surface area contributed by atoms with Crippen molar-refractivity contribution in [2.45, 2.75) is 115 Å². The van der Waals surface area contributed by atoms with Gasteiger partial charge in [-0.05, 0) is 75.2 Å². The zero-order valence-electron chi connectivity index (χ0n) is 42.7. The number of amides is 2. The predicted octanol–water partition coefficient (Wildman–Crippen LogP) is 1.54. The first-order valence-corrected chi connectivity index (χ1v) is 31.8. The van der Waals surface area contributed by atoms with E-state index >= 15 is 0 Å². The molecule has 2 aliphatic heterocycles. The van der Waals surface area contributed by atoms with Crippen LogP contribution in [0.1, 0.15) is 83.9 Å². The van der Waals surface area contributed by atoms with E-state index < -0.39 is 106 Å². The molecule has 29 nitrogen and oxygen atoms in total. The molecule has 34 heteroatoms. The number of ether oxygens (including phenoxy) is 2. The van der Waals surface area contributed by atoms with Crippen molar-refractivity contribution in [1.82, 2.24) is 40.2 Å². The van der Waals surface area contributed by atoms with Gasteiger partial charge in [0.2, 0.25) is 27.0 Å². The summed E-state index contributed by atoms with van der Waals surface area (Å²) in [6.07, 6.45) is -0.478. The summed E-state index contributed by atoms with van der Waals surface area (Å²) in [4.78, 5) is 90.2. The number of aliphatic hydroxyl groups excluding tert-OH is 2. The van der Waals surface area contributed by atoms with E-state index in [-0.39, 0.29) is 54.4 Å². The molecule has 0 saturated carbocycles. The zero-order valence-corrected chi connectivity index (χ0v) is 47.0. The van der Waals surface area contributed by atoms with Crippen LogP contribution in [0.4, 0.5) is 5.82 Å². The van der Waals surface area contributed by atoms with Crippen LogP contribution in [0, 0.1) is 11.3 Å². The van der Waals surface area contributed by atoms with Gasteiger partial charge in [-0.2, -0.15) is 4.31 Å². The number of carbonyl (C=O) groups is 3. The lowest BCUT2D eigenvalue weighted by atomic mass is 9.87. The maximum absolute atomic E-state index is 13.4. The Morgan fingerprint density at radius 1 is 0.987 bits per heavy atom. The number of imidazole rings is 1. The van der Waals surface area contributed by atoms with Gasteiger partial charge in [0, 0.05) is 30.7 Å². The lowest BCUT2D eigenvalue weighted by Gasteiger charge is -2.30. The molecule has 8 atom stereocenters. The lowest BCUT2D eigenvalue weighted by molar-refractivity contribution is -0.137. The molecular weight excluding hydrogens is 1120 g/mol. The Labute approximate surface area is 449 Å². The number of nitrogens with one attached hydrogen (secondary N) is 4. The third-order valence-corrected chi connectivity index (χ3v) is 17.8. The normalized spacial score (nSPS) is 21.0. The van der Waals surface area contributed by atoms with Crippen LogP contribution >= 0.6 is 35.2 Å². The summed E-state index contributed by atoms with van der Waals surface area (Å²) in [6, 6.07) is 6.06. The minimum Gasteiger partial charge on any atom is -0.494 e. The molecule has 0 bridgehead atoms. The number of phosphoric acid groups is 3. The molecule has 0 aliphatic carbocycles. The molecule has 0 radical (unpaired) electrons.